The minimum Gasteiger partial charge on any atom is -0.438 e. The summed E-state index contributed by atoms with van der Waals surface area (Å²) in [5.74, 6) is 1.33. The Balaban J connectivity index is 1.77. The minimum atomic E-state index is -1.91. The van der Waals surface area contributed by atoms with Crippen LogP contribution in [0.5, 0.6) is 23.3 Å². The molecule has 2 aromatic carbocycles. The molecule has 2 aromatic heterocycles. The predicted molar refractivity (Wildman–Crippen MR) is 108 cm³/mol. The summed E-state index contributed by atoms with van der Waals surface area (Å²) in [6, 6.07) is 21.0. The molecule has 2 atom stereocenters. The van der Waals surface area contributed by atoms with Gasteiger partial charge in [0.1, 0.15) is 11.5 Å². The van der Waals surface area contributed by atoms with Gasteiger partial charge in [0, 0.05) is 23.5 Å². The minimum absolute atomic E-state index is 0.238. The van der Waals surface area contributed by atoms with E-state index in [0.717, 1.165) is 0 Å². The Morgan fingerprint density at radius 1 is 0.533 bits per heavy atom. The first-order chi connectivity index (χ1) is 14.6. The van der Waals surface area contributed by atoms with Gasteiger partial charge in [-0.1, -0.05) is 36.4 Å². The topological polar surface area (TPSA) is 84.7 Å². The van der Waals surface area contributed by atoms with Gasteiger partial charge in [0.05, 0.1) is 11.1 Å². The Labute approximate surface area is 172 Å². The van der Waals surface area contributed by atoms with Crippen LogP contribution in [0.25, 0.3) is 0 Å². The van der Waals surface area contributed by atoms with Crippen molar-refractivity contribution in [1.82, 2.24) is 9.97 Å². The summed E-state index contributed by atoms with van der Waals surface area (Å²) in [5.41, 5.74) is -2.25. The highest BCUT2D eigenvalue weighted by Crippen LogP contribution is 2.60. The number of fused-ring (bicyclic) bond motifs is 4. The molecule has 2 aliphatic heterocycles. The van der Waals surface area contributed by atoms with Crippen molar-refractivity contribution in [2.45, 2.75) is 11.2 Å². The van der Waals surface area contributed by atoms with Crippen LogP contribution in [0.4, 0.5) is 0 Å². The fraction of sp³-hybridized carbons (Fsp3) is 0.0833. The maximum atomic E-state index is 12.5. The van der Waals surface area contributed by atoms with E-state index in [0.29, 0.717) is 33.8 Å². The lowest BCUT2D eigenvalue weighted by atomic mass is 9.65. The molecule has 146 valence electrons. The molecule has 2 aliphatic rings. The van der Waals surface area contributed by atoms with Crippen molar-refractivity contribution in [3.8, 4) is 23.3 Å². The fourth-order valence-electron chi connectivity index (χ4n) is 4.48. The molecule has 2 unspecified atom stereocenters. The highest BCUT2D eigenvalue weighted by molar-refractivity contribution is 5.64. The second-order valence-corrected chi connectivity index (χ2v) is 7.33. The van der Waals surface area contributed by atoms with Crippen LogP contribution < -0.4 is 9.47 Å². The maximum Gasteiger partial charge on any atom is 0.225 e. The van der Waals surface area contributed by atoms with Crippen LogP contribution in [-0.2, 0) is 11.2 Å². The van der Waals surface area contributed by atoms with E-state index in [4.69, 9.17) is 9.47 Å². The molecule has 0 aliphatic carbocycles. The number of para-hydroxylation sites is 2. The molecule has 0 fully saturated rings. The molecule has 30 heavy (non-hydrogen) atoms. The van der Waals surface area contributed by atoms with Gasteiger partial charge in [-0.25, -0.2) is 9.97 Å². The molecule has 2 N–H and O–H groups in total. The number of benzene rings is 2. The van der Waals surface area contributed by atoms with Crippen molar-refractivity contribution in [2.24, 2.45) is 0 Å². The van der Waals surface area contributed by atoms with E-state index in [1.54, 1.807) is 73.1 Å². The number of hydrogen-bond acceptors (Lipinski definition) is 6. The fourth-order valence-corrected chi connectivity index (χ4v) is 4.48. The van der Waals surface area contributed by atoms with E-state index >= 15 is 0 Å². The largest absolute Gasteiger partial charge is 0.438 e. The Kier molecular flexibility index (Phi) is 3.36. The molecule has 0 radical (unpaired) electrons. The number of nitrogens with zero attached hydrogens (tertiary/aromatic N) is 2. The van der Waals surface area contributed by atoms with Gasteiger partial charge >= 0.3 is 0 Å². The van der Waals surface area contributed by atoms with Crippen LogP contribution in [-0.4, -0.2) is 20.2 Å². The van der Waals surface area contributed by atoms with Gasteiger partial charge in [-0.15, -0.1) is 0 Å². The van der Waals surface area contributed by atoms with Crippen molar-refractivity contribution in [2.75, 3.05) is 0 Å². The molecule has 6 heteroatoms. The molecule has 6 nitrogen and oxygen atoms in total. The zero-order valence-corrected chi connectivity index (χ0v) is 15.7. The number of rotatable bonds is 1. The Morgan fingerprint density at radius 2 is 0.933 bits per heavy atom. The van der Waals surface area contributed by atoms with Gasteiger partial charge < -0.3 is 19.7 Å². The van der Waals surface area contributed by atoms with Crippen LogP contribution in [0.3, 0.4) is 0 Å². The first kappa shape index (κ1) is 17.1. The van der Waals surface area contributed by atoms with E-state index in [1.165, 1.54) is 0 Å². The van der Waals surface area contributed by atoms with Crippen molar-refractivity contribution >= 4 is 0 Å². The second kappa shape index (κ2) is 5.89. The van der Waals surface area contributed by atoms with E-state index in [-0.39, 0.29) is 11.8 Å². The number of aromatic nitrogens is 2. The van der Waals surface area contributed by atoms with Crippen molar-refractivity contribution < 1.29 is 19.7 Å². The van der Waals surface area contributed by atoms with Gasteiger partial charge in [-0.2, -0.15) is 0 Å². The van der Waals surface area contributed by atoms with E-state index in [1.807, 2.05) is 12.1 Å². The monoisotopic (exact) mass is 396 g/mol. The molecule has 0 bridgehead atoms. The summed E-state index contributed by atoms with van der Waals surface area (Å²) in [7, 11) is 0. The van der Waals surface area contributed by atoms with E-state index in [9.17, 15) is 10.2 Å². The second-order valence-electron chi connectivity index (χ2n) is 7.33. The summed E-state index contributed by atoms with van der Waals surface area (Å²) in [5, 5.41) is 25.0. The molecular weight excluding hydrogens is 380 g/mol. The molecule has 0 saturated carbocycles. The van der Waals surface area contributed by atoms with Crippen molar-refractivity contribution in [1.29, 1.82) is 0 Å². The summed E-state index contributed by atoms with van der Waals surface area (Å²) in [6.45, 7) is 0. The molecule has 0 amide bonds. The third-order valence-electron chi connectivity index (χ3n) is 5.81. The molecule has 0 spiro atoms. The van der Waals surface area contributed by atoms with Crippen molar-refractivity contribution in [3.05, 3.63) is 107 Å². The van der Waals surface area contributed by atoms with Crippen LogP contribution in [0.1, 0.15) is 22.3 Å². The zero-order valence-electron chi connectivity index (χ0n) is 15.7. The summed E-state index contributed by atoms with van der Waals surface area (Å²) < 4.78 is 11.9. The third-order valence-corrected chi connectivity index (χ3v) is 5.81. The Hall–Kier alpha value is -3.74. The van der Waals surface area contributed by atoms with Crippen LogP contribution >= 0.6 is 0 Å². The standard InChI is InChI=1S/C24H16N2O4/c27-23(15-7-1-3-11-19(15)29-21-17(23)9-5-13-25-21)24(28)16-8-2-4-12-20(16)30-22-18(24)10-6-14-26-22/h1-14,27-28H. The van der Waals surface area contributed by atoms with Crippen molar-refractivity contribution in [3.63, 3.8) is 0 Å². The molecule has 6 rings (SSSR count). The summed E-state index contributed by atoms with van der Waals surface area (Å²) in [4.78, 5) is 8.62. The smallest absolute Gasteiger partial charge is 0.225 e. The van der Waals surface area contributed by atoms with Gasteiger partial charge in [0.25, 0.3) is 0 Å². The Bertz CT molecular complexity index is 1110. The lowest BCUT2D eigenvalue weighted by molar-refractivity contribution is -0.121. The molecule has 0 saturated heterocycles. The number of aliphatic hydroxyl groups is 2. The Morgan fingerprint density at radius 3 is 1.40 bits per heavy atom. The summed E-state index contributed by atoms with van der Waals surface area (Å²) >= 11 is 0. The average Bonchev–Trinajstić information content (AvgIpc) is 2.79. The lowest BCUT2D eigenvalue weighted by Crippen LogP contribution is -2.53. The van der Waals surface area contributed by atoms with Crippen LogP contribution in [0.15, 0.2) is 85.2 Å². The maximum absolute atomic E-state index is 12.5. The van der Waals surface area contributed by atoms with Gasteiger partial charge in [-0.3, -0.25) is 0 Å². The number of hydrogen-bond donors (Lipinski definition) is 2. The highest BCUT2D eigenvalue weighted by Gasteiger charge is 2.61. The van der Waals surface area contributed by atoms with Crippen LogP contribution in [0.2, 0.25) is 0 Å². The SMILES string of the molecule is OC1(C2(O)c3ccccc3Oc3ncccc32)c2ccccc2Oc2ncccc21. The molecule has 4 aromatic rings. The number of ether oxygens (including phenoxy) is 2. The molecule has 4 heterocycles. The van der Waals surface area contributed by atoms with Gasteiger partial charge in [-0.05, 0) is 36.4 Å². The average molecular weight is 396 g/mol. The first-order valence-corrected chi connectivity index (χ1v) is 9.54. The zero-order chi connectivity index (χ0) is 20.3. The lowest BCUT2D eigenvalue weighted by Gasteiger charge is -2.48. The molecular formula is C24H16N2O4. The van der Waals surface area contributed by atoms with E-state index in [2.05, 4.69) is 9.97 Å². The van der Waals surface area contributed by atoms with Gasteiger partial charge in [0.15, 0.2) is 11.2 Å². The predicted octanol–water partition coefficient (Wildman–Crippen LogP) is 3.86. The normalized spacial score (nSPS) is 23.1. The third kappa shape index (κ3) is 1.99. The number of pyridine rings is 2. The quantitative estimate of drug-likeness (QED) is 0.508. The van der Waals surface area contributed by atoms with Crippen LogP contribution in [0, 0.1) is 0 Å². The first-order valence-electron chi connectivity index (χ1n) is 9.54. The highest BCUT2D eigenvalue weighted by atomic mass is 16.5. The van der Waals surface area contributed by atoms with E-state index < -0.39 is 11.2 Å². The van der Waals surface area contributed by atoms with Gasteiger partial charge in [0.2, 0.25) is 11.8 Å². The summed E-state index contributed by atoms with van der Waals surface area (Å²) in [6.07, 6.45) is 3.18.